The molecular weight excluding hydrogens is 659 g/mol. The van der Waals surface area contributed by atoms with Crippen molar-refractivity contribution in [3.05, 3.63) is 69.8 Å². The molecule has 0 bridgehead atoms. The molecule has 1 N–H and O–H groups in total. The van der Waals surface area contributed by atoms with Gasteiger partial charge in [0.25, 0.3) is 5.91 Å². The van der Waals surface area contributed by atoms with Gasteiger partial charge in [0, 0.05) is 43.3 Å². The maximum Gasteiger partial charge on any atom is 0.416 e. The number of halogens is 8. The van der Waals surface area contributed by atoms with Crippen LogP contribution in [0.4, 0.5) is 26.3 Å². The van der Waals surface area contributed by atoms with Crippen molar-refractivity contribution in [3.8, 4) is 11.8 Å². The van der Waals surface area contributed by atoms with Crippen molar-refractivity contribution in [2.75, 3.05) is 52.5 Å². The van der Waals surface area contributed by atoms with Crippen LogP contribution in [0.25, 0.3) is 0 Å². The quantitative estimate of drug-likeness (QED) is 0.303. The van der Waals surface area contributed by atoms with Gasteiger partial charge in [0.15, 0.2) is 0 Å². The van der Waals surface area contributed by atoms with Crippen LogP contribution in [0.3, 0.4) is 0 Å². The number of carbonyl (C=O) groups excluding carboxylic acids is 1. The number of amides is 1. The van der Waals surface area contributed by atoms with Crippen molar-refractivity contribution >= 4 is 30.7 Å². The highest BCUT2D eigenvalue weighted by atomic mass is 35.5. The smallest absolute Gasteiger partial charge is 0.392 e. The molecule has 4 rings (SSSR count). The molecule has 0 saturated carbocycles. The Labute approximate surface area is 277 Å². The predicted octanol–water partition coefficient (Wildman–Crippen LogP) is 5.85. The van der Waals surface area contributed by atoms with Gasteiger partial charge in [-0.3, -0.25) is 14.6 Å². The van der Waals surface area contributed by atoms with Gasteiger partial charge in [-0.05, 0) is 62.1 Å². The number of alkyl halides is 6. The molecule has 2 aromatic carbocycles. The summed E-state index contributed by atoms with van der Waals surface area (Å²) in [4.78, 5) is 19.3. The standard InChI is InChI=1S/C32H37F6N3O3.2ClH/c1-22-14-23(6-7-24(22)20-42)15-28-19-39(8-4-5-9-40-12-13-44-21-30(40,2)3)10-11-41(28)29(43)25-16-26(31(33,34)35)18-27(17-25)32(36,37)38;;/h6-7,14,16-18,28,42H,8-13,15,19-21H2,1-3H3;2*1H. The summed E-state index contributed by atoms with van der Waals surface area (Å²) in [6.45, 7) is 9.62. The van der Waals surface area contributed by atoms with Crippen LogP contribution in [-0.4, -0.2) is 89.8 Å². The van der Waals surface area contributed by atoms with Gasteiger partial charge in [-0.25, -0.2) is 0 Å². The van der Waals surface area contributed by atoms with E-state index in [0.717, 1.165) is 23.2 Å². The molecule has 256 valence electrons. The molecule has 2 aliphatic rings. The molecule has 1 unspecified atom stereocenters. The van der Waals surface area contributed by atoms with Gasteiger partial charge < -0.3 is 14.7 Å². The average molecular weight is 699 g/mol. The zero-order chi connectivity index (χ0) is 32.3. The lowest BCUT2D eigenvalue weighted by molar-refractivity contribution is -0.143. The lowest BCUT2D eigenvalue weighted by Gasteiger charge is -2.41. The topological polar surface area (TPSA) is 56.2 Å². The van der Waals surface area contributed by atoms with Crippen molar-refractivity contribution in [1.29, 1.82) is 0 Å². The van der Waals surface area contributed by atoms with Crippen molar-refractivity contribution in [3.63, 3.8) is 0 Å². The van der Waals surface area contributed by atoms with E-state index < -0.39 is 41.0 Å². The number of piperazine rings is 1. The number of carbonyl (C=O) groups is 1. The molecule has 1 atom stereocenters. The summed E-state index contributed by atoms with van der Waals surface area (Å²) in [5.74, 6) is 5.50. The summed E-state index contributed by atoms with van der Waals surface area (Å²) in [6, 6.07) is 5.88. The highest BCUT2D eigenvalue weighted by molar-refractivity contribution is 5.95. The highest BCUT2D eigenvalue weighted by Gasteiger charge is 2.39. The van der Waals surface area contributed by atoms with Crippen LogP contribution in [0.5, 0.6) is 0 Å². The molecule has 1 amide bonds. The number of ether oxygens (including phenoxy) is 1. The van der Waals surface area contributed by atoms with Crippen molar-refractivity contribution in [1.82, 2.24) is 14.7 Å². The van der Waals surface area contributed by atoms with Crippen LogP contribution in [0.15, 0.2) is 36.4 Å². The highest BCUT2D eigenvalue weighted by Crippen LogP contribution is 2.37. The Morgan fingerprint density at radius 2 is 1.59 bits per heavy atom. The Morgan fingerprint density at radius 3 is 2.15 bits per heavy atom. The van der Waals surface area contributed by atoms with Crippen molar-refractivity contribution in [2.24, 2.45) is 0 Å². The predicted molar refractivity (Wildman–Crippen MR) is 167 cm³/mol. The number of rotatable bonds is 6. The first-order chi connectivity index (χ1) is 20.6. The summed E-state index contributed by atoms with van der Waals surface area (Å²) >= 11 is 0. The van der Waals surface area contributed by atoms with E-state index in [1.165, 1.54) is 4.90 Å². The molecule has 2 fully saturated rings. The van der Waals surface area contributed by atoms with E-state index in [1.807, 2.05) is 17.9 Å². The van der Waals surface area contributed by atoms with Crippen molar-refractivity contribution < 1.29 is 41.0 Å². The lowest BCUT2D eigenvalue weighted by Crippen LogP contribution is -2.56. The normalized spacial score (nSPS) is 19.0. The second-order valence-electron chi connectivity index (χ2n) is 11.9. The summed E-state index contributed by atoms with van der Waals surface area (Å²) in [5.41, 5.74) is -1.47. The molecule has 0 aromatic heterocycles. The van der Waals surface area contributed by atoms with Crippen molar-refractivity contribution in [2.45, 2.75) is 57.7 Å². The first-order valence-electron chi connectivity index (χ1n) is 14.4. The minimum absolute atomic E-state index is 0. The van der Waals surface area contributed by atoms with Gasteiger partial charge in [-0.1, -0.05) is 30.0 Å². The fourth-order valence-corrected chi connectivity index (χ4v) is 5.59. The maximum absolute atomic E-state index is 13.6. The minimum atomic E-state index is -5.06. The van der Waals surface area contributed by atoms with Gasteiger partial charge >= 0.3 is 12.4 Å². The fraction of sp³-hybridized carbons (Fsp3) is 0.531. The second kappa shape index (κ2) is 16.0. The molecule has 46 heavy (non-hydrogen) atoms. The van der Waals surface area contributed by atoms with E-state index >= 15 is 0 Å². The average Bonchev–Trinajstić information content (AvgIpc) is 2.94. The second-order valence-corrected chi connectivity index (χ2v) is 11.9. The lowest BCUT2D eigenvalue weighted by atomic mass is 9.97. The molecule has 2 aliphatic heterocycles. The molecule has 0 radical (unpaired) electrons. The Hall–Kier alpha value is -2.53. The van der Waals surface area contributed by atoms with E-state index in [-0.39, 0.29) is 49.6 Å². The Bertz CT molecular complexity index is 1380. The fourth-order valence-electron chi connectivity index (χ4n) is 5.59. The van der Waals surface area contributed by atoms with Crippen LogP contribution in [0, 0.1) is 18.8 Å². The van der Waals surface area contributed by atoms with Gasteiger partial charge in [0.1, 0.15) is 0 Å². The molecular formula is C32H39Cl2F6N3O3. The number of aliphatic hydroxyl groups excluding tert-OH is 1. The Balaban J connectivity index is 0.00000368. The van der Waals surface area contributed by atoms with E-state index in [1.54, 1.807) is 12.1 Å². The third-order valence-corrected chi connectivity index (χ3v) is 8.23. The molecule has 2 aromatic rings. The molecule has 6 nitrogen and oxygen atoms in total. The van der Waals surface area contributed by atoms with Crippen LogP contribution < -0.4 is 0 Å². The van der Waals surface area contributed by atoms with Gasteiger partial charge in [-0.2, -0.15) is 26.3 Å². The van der Waals surface area contributed by atoms with E-state index in [0.29, 0.717) is 57.9 Å². The number of aryl methyl sites for hydroxylation is 1. The van der Waals surface area contributed by atoms with Gasteiger partial charge in [0.2, 0.25) is 0 Å². The van der Waals surface area contributed by atoms with Crippen LogP contribution >= 0.6 is 24.8 Å². The number of hydrogen-bond donors (Lipinski definition) is 1. The molecule has 14 heteroatoms. The third-order valence-electron chi connectivity index (χ3n) is 8.23. The largest absolute Gasteiger partial charge is 0.416 e. The van der Waals surface area contributed by atoms with E-state index in [4.69, 9.17) is 4.74 Å². The van der Waals surface area contributed by atoms with Crippen LogP contribution in [0.2, 0.25) is 0 Å². The van der Waals surface area contributed by atoms with E-state index in [2.05, 4.69) is 30.6 Å². The number of nitrogens with zero attached hydrogens (tertiary/aromatic N) is 3. The summed E-state index contributed by atoms with van der Waals surface area (Å²) in [6.07, 6.45) is -9.81. The number of hydrogen-bond acceptors (Lipinski definition) is 5. The Morgan fingerprint density at radius 1 is 0.957 bits per heavy atom. The zero-order valence-corrected chi connectivity index (χ0v) is 27.4. The molecule has 2 saturated heterocycles. The van der Waals surface area contributed by atoms with E-state index in [9.17, 15) is 36.2 Å². The maximum atomic E-state index is 13.6. The molecule has 2 heterocycles. The van der Waals surface area contributed by atoms with Gasteiger partial charge in [-0.15, -0.1) is 24.8 Å². The number of aliphatic hydroxyl groups is 1. The monoisotopic (exact) mass is 697 g/mol. The third kappa shape index (κ3) is 9.99. The molecule has 0 spiro atoms. The summed E-state index contributed by atoms with van der Waals surface area (Å²) in [7, 11) is 0. The number of benzene rings is 2. The SMILES string of the molecule is Cc1cc(CC2CN(CC#CCN3CCOCC3(C)C)CCN2C(=O)c2cc(C(F)(F)F)cc(C(F)(F)F)c2)ccc1CO.Cl.Cl. The van der Waals surface area contributed by atoms with Crippen LogP contribution in [0.1, 0.15) is 52.0 Å². The zero-order valence-electron chi connectivity index (χ0n) is 25.8. The number of morpholine rings is 1. The first-order valence-corrected chi connectivity index (χ1v) is 14.4. The van der Waals surface area contributed by atoms with Gasteiger partial charge in [0.05, 0.1) is 44.0 Å². The first kappa shape index (κ1) is 39.6. The van der Waals surface area contributed by atoms with Crippen LogP contribution in [-0.2, 0) is 30.1 Å². The minimum Gasteiger partial charge on any atom is -0.392 e. The molecule has 0 aliphatic carbocycles. The summed E-state index contributed by atoms with van der Waals surface area (Å²) < 4.78 is 86.7. The summed E-state index contributed by atoms with van der Waals surface area (Å²) in [5, 5.41) is 9.54. The Kier molecular flexibility index (Phi) is 13.8.